The molecular weight excluding hydrogens is 276 g/mol. The van der Waals surface area contributed by atoms with Crippen molar-refractivity contribution in [1.29, 1.82) is 0 Å². The summed E-state index contributed by atoms with van der Waals surface area (Å²) < 4.78 is 5.36. The summed E-state index contributed by atoms with van der Waals surface area (Å²) in [6, 6.07) is 0.612. The molecule has 5 nitrogen and oxygen atoms in total. The van der Waals surface area contributed by atoms with Gasteiger partial charge in [-0.2, -0.15) is 0 Å². The minimum Gasteiger partial charge on any atom is -0.382 e. The van der Waals surface area contributed by atoms with Crippen LogP contribution in [0.15, 0.2) is 4.99 Å². The van der Waals surface area contributed by atoms with Crippen molar-refractivity contribution in [2.24, 2.45) is 10.9 Å². The van der Waals surface area contributed by atoms with Gasteiger partial charge in [0.25, 0.3) is 0 Å². The molecule has 1 heterocycles. The number of hydrogen-bond acceptors (Lipinski definition) is 3. The van der Waals surface area contributed by atoms with Gasteiger partial charge in [0.2, 0.25) is 0 Å². The van der Waals surface area contributed by atoms with E-state index < -0.39 is 0 Å². The molecule has 1 atom stereocenters. The van der Waals surface area contributed by atoms with E-state index in [0.29, 0.717) is 6.04 Å². The third kappa shape index (κ3) is 7.99. The normalized spacial score (nSPS) is 19.9. The Morgan fingerprint density at radius 2 is 2.14 bits per heavy atom. The van der Waals surface area contributed by atoms with Crippen LogP contribution in [-0.2, 0) is 4.74 Å². The van der Waals surface area contributed by atoms with Gasteiger partial charge in [-0.05, 0) is 45.6 Å². The maximum atomic E-state index is 5.36. The summed E-state index contributed by atoms with van der Waals surface area (Å²) in [7, 11) is 0. The lowest BCUT2D eigenvalue weighted by Crippen LogP contribution is -2.40. The fourth-order valence-corrected chi connectivity index (χ4v) is 2.88. The van der Waals surface area contributed by atoms with Crippen molar-refractivity contribution >= 4 is 5.96 Å². The van der Waals surface area contributed by atoms with Crippen LogP contribution in [-0.4, -0.2) is 62.8 Å². The number of nitrogens with zero attached hydrogens (tertiary/aromatic N) is 2. The summed E-state index contributed by atoms with van der Waals surface area (Å²) in [5.74, 6) is 1.67. The van der Waals surface area contributed by atoms with Crippen LogP contribution < -0.4 is 10.6 Å². The highest BCUT2D eigenvalue weighted by Crippen LogP contribution is 2.18. The molecule has 0 saturated carbocycles. The summed E-state index contributed by atoms with van der Waals surface area (Å²) in [6.07, 6.45) is 3.60. The SMILES string of the molecule is CCNC(=NC[C@H]1CCCN1CC(C)C)NCCCOCC. The minimum absolute atomic E-state index is 0.612. The highest BCUT2D eigenvalue weighted by atomic mass is 16.5. The van der Waals surface area contributed by atoms with E-state index in [4.69, 9.17) is 9.73 Å². The first-order chi connectivity index (χ1) is 10.7. The van der Waals surface area contributed by atoms with Gasteiger partial charge in [-0.3, -0.25) is 9.89 Å². The quantitative estimate of drug-likeness (QED) is 0.368. The van der Waals surface area contributed by atoms with Crippen LogP contribution in [0.25, 0.3) is 0 Å². The third-order valence-electron chi connectivity index (χ3n) is 3.87. The molecule has 1 fully saturated rings. The molecule has 0 aromatic carbocycles. The standard InChI is InChI=1S/C17H36N4O/c1-5-18-17(19-10-8-12-22-6-2)20-13-16-9-7-11-21(16)14-15(3)4/h15-16H,5-14H2,1-4H3,(H2,18,19,20)/t16-/m1/s1. The Labute approximate surface area is 136 Å². The smallest absolute Gasteiger partial charge is 0.191 e. The molecule has 0 aromatic heterocycles. The molecule has 5 heteroatoms. The maximum Gasteiger partial charge on any atom is 0.191 e. The molecule has 1 aliphatic rings. The van der Waals surface area contributed by atoms with Crippen LogP contribution in [0.3, 0.4) is 0 Å². The molecule has 0 radical (unpaired) electrons. The van der Waals surface area contributed by atoms with E-state index in [0.717, 1.165) is 51.1 Å². The first-order valence-corrected chi connectivity index (χ1v) is 9.01. The van der Waals surface area contributed by atoms with Gasteiger partial charge < -0.3 is 15.4 Å². The topological polar surface area (TPSA) is 48.9 Å². The number of guanidine groups is 1. The third-order valence-corrected chi connectivity index (χ3v) is 3.87. The highest BCUT2D eigenvalue weighted by Gasteiger charge is 2.24. The molecule has 22 heavy (non-hydrogen) atoms. The summed E-state index contributed by atoms with van der Waals surface area (Å²) in [6.45, 7) is 15.5. The number of nitrogens with one attached hydrogen (secondary N) is 2. The lowest BCUT2D eigenvalue weighted by atomic mass is 10.2. The molecule has 0 amide bonds. The lowest BCUT2D eigenvalue weighted by Gasteiger charge is -2.25. The molecule has 1 saturated heterocycles. The summed E-state index contributed by atoms with van der Waals surface area (Å²) in [5.41, 5.74) is 0. The molecule has 0 unspecified atom stereocenters. The molecule has 0 bridgehead atoms. The average Bonchev–Trinajstić information content (AvgIpc) is 2.91. The minimum atomic E-state index is 0.612. The van der Waals surface area contributed by atoms with Crippen molar-refractivity contribution in [2.45, 2.75) is 53.0 Å². The van der Waals surface area contributed by atoms with Crippen LogP contribution in [0.2, 0.25) is 0 Å². The molecule has 1 rings (SSSR count). The van der Waals surface area contributed by atoms with E-state index in [1.54, 1.807) is 0 Å². The van der Waals surface area contributed by atoms with E-state index in [1.807, 2.05) is 6.92 Å². The Kier molecular flexibility index (Phi) is 10.2. The number of rotatable bonds is 10. The largest absolute Gasteiger partial charge is 0.382 e. The second kappa shape index (κ2) is 11.7. The molecule has 2 N–H and O–H groups in total. The van der Waals surface area contributed by atoms with E-state index in [9.17, 15) is 0 Å². The van der Waals surface area contributed by atoms with Crippen molar-refractivity contribution < 1.29 is 4.74 Å². The van der Waals surface area contributed by atoms with Gasteiger partial charge in [0.05, 0.1) is 6.54 Å². The van der Waals surface area contributed by atoms with E-state index in [2.05, 4.69) is 36.3 Å². The predicted octanol–water partition coefficient (Wildman–Crippen LogP) is 2.09. The Morgan fingerprint density at radius 3 is 2.82 bits per heavy atom. The zero-order valence-electron chi connectivity index (χ0n) is 15.0. The van der Waals surface area contributed by atoms with Crippen LogP contribution in [0, 0.1) is 5.92 Å². The predicted molar refractivity (Wildman–Crippen MR) is 94.5 cm³/mol. The van der Waals surface area contributed by atoms with Crippen LogP contribution in [0.1, 0.15) is 47.0 Å². The van der Waals surface area contributed by atoms with E-state index in [-0.39, 0.29) is 0 Å². The van der Waals surface area contributed by atoms with Crippen LogP contribution in [0.5, 0.6) is 0 Å². The lowest BCUT2D eigenvalue weighted by molar-refractivity contribution is 0.145. The van der Waals surface area contributed by atoms with Crippen molar-refractivity contribution in [3.63, 3.8) is 0 Å². The number of likely N-dealkylation sites (tertiary alicyclic amines) is 1. The van der Waals surface area contributed by atoms with Crippen LogP contribution in [0.4, 0.5) is 0 Å². The van der Waals surface area contributed by atoms with Gasteiger partial charge >= 0.3 is 0 Å². The van der Waals surface area contributed by atoms with Gasteiger partial charge in [0.1, 0.15) is 0 Å². The number of aliphatic imine (C=N–C) groups is 1. The van der Waals surface area contributed by atoms with Gasteiger partial charge in [-0.1, -0.05) is 13.8 Å². The first kappa shape index (κ1) is 19.2. The average molecular weight is 313 g/mol. The summed E-state index contributed by atoms with van der Waals surface area (Å²) in [5, 5.41) is 6.73. The Morgan fingerprint density at radius 1 is 1.32 bits per heavy atom. The molecule has 0 spiro atoms. The second-order valence-electron chi connectivity index (χ2n) is 6.38. The van der Waals surface area contributed by atoms with Crippen molar-refractivity contribution in [3.8, 4) is 0 Å². The zero-order chi connectivity index (χ0) is 16.2. The van der Waals surface area contributed by atoms with Crippen molar-refractivity contribution in [3.05, 3.63) is 0 Å². The summed E-state index contributed by atoms with van der Waals surface area (Å²) in [4.78, 5) is 7.39. The Bertz CT molecular complexity index is 307. The first-order valence-electron chi connectivity index (χ1n) is 9.01. The molecule has 0 aromatic rings. The second-order valence-corrected chi connectivity index (χ2v) is 6.38. The van der Waals surface area contributed by atoms with Gasteiger partial charge in [0, 0.05) is 38.9 Å². The molecule has 130 valence electrons. The van der Waals surface area contributed by atoms with E-state index >= 15 is 0 Å². The number of hydrogen-bond donors (Lipinski definition) is 2. The molecule has 1 aliphatic heterocycles. The molecule has 0 aliphatic carbocycles. The Balaban J connectivity index is 2.36. The van der Waals surface area contributed by atoms with Gasteiger partial charge in [-0.15, -0.1) is 0 Å². The van der Waals surface area contributed by atoms with Crippen molar-refractivity contribution in [2.75, 3.05) is 45.9 Å². The Hall–Kier alpha value is -0.810. The van der Waals surface area contributed by atoms with Crippen molar-refractivity contribution in [1.82, 2.24) is 15.5 Å². The fourth-order valence-electron chi connectivity index (χ4n) is 2.88. The zero-order valence-corrected chi connectivity index (χ0v) is 15.0. The monoisotopic (exact) mass is 312 g/mol. The van der Waals surface area contributed by atoms with E-state index in [1.165, 1.54) is 25.9 Å². The van der Waals surface area contributed by atoms with Gasteiger partial charge in [-0.25, -0.2) is 0 Å². The molecular formula is C17H36N4O. The number of ether oxygens (including phenoxy) is 1. The fraction of sp³-hybridized carbons (Fsp3) is 0.941. The maximum absolute atomic E-state index is 5.36. The summed E-state index contributed by atoms with van der Waals surface area (Å²) >= 11 is 0. The highest BCUT2D eigenvalue weighted by molar-refractivity contribution is 5.79. The van der Waals surface area contributed by atoms with Gasteiger partial charge in [0.15, 0.2) is 5.96 Å². The van der Waals surface area contributed by atoms with Crippen LogP contribution >= 0.6 is 0 Å².